The van der Waals surface area contributed by atoms with Gasteiger partial charge in [-0.25, -0.2) is 4.79 Å². The molecule has 0 aliphatic carbocycles. The Hall–Kier alpha value is -1.59. The van der Waals surface area contributed by atoms with E-state index in [0.29, 0.717) is 32.8 Å². The molecule has 0 aromatic carbocycles. The zero-order valence-electron chi connectivity index (χ0n) is 12.4. The van der Waals surface area contributed by atoms with Gasteiger partial charge in [0, 0.05) is 39.0 Å². The van der Waals surface area contributed by atoms with Gasteiger partial charge in [0.15, 0.2) is 0 Å². The molecular formula is C14H24N2O4. The topological polar surface area (TPSA) is 66.9 Å². The second kappa shape index (κ2) is 8.55. The summed E-state index contributed by atoms with van der Waals surface area (Å²) in [6, 6.07) is 0. The van der Waals surface area contributed by atoms with Crippen molar-refractivity contribution in [2.45, 2.75) is 39.5 Å². The third kappa shape index (κ3) is 5.59. The number of Topliss-reactive ketones (excluding diaryl/α,β-unsaturated/α-hetero) is 1. The largest absolute Gasteiger partial charge is 0.449 e. The molecular weight excluding hydrogens is 260 g/mol. The van der Waals surface area contributed by atoms with Crippen LogP contribution in [0.1, 0.15) is 39.5 Å². The second-order valence-electron chi connectivity index (χ2n) is 5.04. The van der Waals surface area contributed by atoms with Crippen LogP contribution in [0.2, 0.25) is 0 Å². The van der Waals surface area contributed by atoms with Crippen molar-refractivity contribution in [1.29, 1.82) is 0 Å². The van der Waals surface area contributed by atoms with Crippen LogP contribution in [-0.4, -0.2) is 60.4 Å². The zero-order valence-corrected chi connectivity index (χ0v) is 12.4. The highest BCUT2D eigenvalue weighted by Gasteiger charge is 2.24. The van der Waals surface area contributed by atoms with E-state index in [9.17, 15) is 14.4 Å². The molecule has 1 heterocycles. The van der Waals surface area contributed by atoms with E-state index < -0.39 is 0 Å². The Kier molecular flexibility index (Phi) is 7.04. The molecule has 6 nitrogen and oxygen atoms in total. The van der Waals surface area contributed by atoms with Gasteiger partial charge in [0.25, 0.3) is 0 Å². The van der Waals surface area contributed by atoms with Gasteiger partial charge in [-0.15, -0.1) is 0 Å². The molecule has 114 valence electrons. The lowest BCUT2D eigenvalue weighted by molar-refractivity contribution is -0.134. The van der Waals surface area contributed by atoms with Crippen LogP contribution < -0.4 is 0 Å². The first-order valence-electron chi connectivity index (χ1n) is 7.23. The quantitative estimate of drug-likeness (QED) is 0.692. The highest BCUT2D eigenvalue weighted by atomic mass is 16.6. The predicted molar refractivity (Wildman–Crippen MR) is 74.3 cm³/mol. The fraction of sp³-hybridized carbons (Fsp3) is 0.786. The van der Waals surface area contributed by atoms with E-state index in [1.54, 1.807) is 9.80 Å². The molecule has 1 aliphatic rings. The lowest BCUT2D eigenvalue weighted by atomic mass is 10.2. The summed E-state index contributed by atoms with van der Waals surface area (Å²) in [5, 5.41) is 0. The van der Waals surface area contributed by atoms with Gasteiger partial charge in [0.2, 0.25) is 5.91 Å². The smallest absolute Gasteiger partial charge is 0.409 e. The number of carbonyl (C=O) groups excluding carboxylic acids is 3. The molecule has 0 aromatic heterocycles. The number of ketones is 1. The van der Waals surface area contributed by atoms with E-state index in [1.807, 2.05) is 6.92 Å². The normalized spacial score (nSPS) is 15.1. The second-order valence-corrected chi connectivity index (χ2v) is 5.04. The number of carbonyl (C=O) groups is 3. The fourth-order valence-corrected chi connectivity index (χ4v) is 1.97. The first kappa shape index (κ1) is 16.5. The van der Waals surface area contributed by atoms with Crippen molar-refractivity contribution in [3.8, 4) is 0 Å². The van der Waals surface area contributed by atoms with Crippen LogP contribution in [0, 0.1) is 0 Å². The van der Waals surface area contributed by atoms with Crippen LogP contribution in [0.25, 0.3) is 0 Å². The maximum atomic E-state index is 11.8. The molecule has 1 rings (SSSR count). The average Bonchev–Trinajstić information content (AvgIpc) is 2.45. The molecule has 0 aromatic rings. The van der Waals surface area contributed by atoms with Gasteiger partial charge in [-0.1, -0.05) is 13.3 Å². The van der Waals surface area contributed by atoms with E-state index in [2.05, 4.69) is 0 Å². The Morgan fingerprint density at radius 1 is 1.00 bits per heavy atom. The summed E-state index contributed by atoms with van der Waals surface area (Å²) in [5.41, 5.74) is 0. The van der Waals surface area contributed by atoms with Gasteiger partial charge in [-0.2, -0.15) is 0 Å². The molecule has 20 heavy (non-hydrogen) atoms. The number of hydrogen-bond acceptors (Lipinski definition) is 4. The number of hydrogen-bond donors (Lipinski definition) is 0. The van der Waals surface area contributed by atoms with E-state index in [-0.39, 0.29) is 30.6 Å². The number of rotatable bonds is 6. The standard InChI is InChI=1S/C14H24N2O4/c1-3-4-11-20-14(19)16-9-7-15(8-10-16)13(18)6-5-12(2)17/h3-11H2,1-2H3. The predicted octanol–water partition coefficient (Wildman–Crippen LogP) is 1.44. The SMILES string of the molecule is CCCCOC(=O)N1CCN(C(=O)CCC(C)=O)CC1. The van der Waals surface area contributed by atoms with E-state index in [4.69, 9.17) is 4.74 Å². The number of ether oxygens (including phenoxy) is 1. The Balaban J connectivity index is 2.26. The highest BCUT2D eigenvalue weighted by molar-refractivity contribution is 5.83. The Morgan fingerprint density at radius 3 is 2.15 bits per heavy atom. The molecule has 0 bridgehead atoms. The fourth-order valence-electron chi connectivity index (χ4n) is 1.97. The minimum atomic E-state index is -0.297. The Labute approximate surface area is 120 Å². The summed E-state index contributed by atoms with van der Waals surface area (Å²) >= 11 is 0. The van der Waals surface area contributed by atoms with Crippen LogP contribution in [0.15, 0.2) is 0 Å². The number of unbranched alkanes of at least 4 members (excludes halogenated alkanes) is 1. The van der Waals surface area contributed by atoms with Crippen LogP contribution in [-0.2, 0) is 14.3 Å². The van der Waals surface area contributed by atoms with Crippen molar-refractivity contribution in [1.82, 2.24) is 9.80 Å². The van der Waals surface area contributed by atoms with Crippen molar-refractivity contribution in [3.63, 3.8) is 0 Å². The molecule has 1 aliphatic heterocycles. The minimum absolute atomic E-state index is 0.0146. The number of piperazine rings is 1. The van der Waals surface area contributed by atoms with E-state index in [0.717, 1.165) is 12.8 Å². The average molecular weight is 284 g/mol. The van der Waals surface area contributed by atoms with Gasteiger partial charge in [-0.3, -0.25) is 4.79 Å². The summed E-state index contributed by atoms with van der Waals surface area (Å²) in [7, 11) is 0. The molecule has 0 atom stereocenters. The van der Waals surface area contributed by atoms with Crippen LogP contribution >= 0.6 is 0 Å². The van der Waals surface area contributed by atoms with Crippen molar-refractivity contribution >= 4 is 17.8 Å². The zero-order chi connectivity index (χ0) is 15.0. The van der Waals surface area contributed by atoms with Crippen molar-refractivity contribution in [2.24, 2.45) is 0 Å². The Morgan fingerprint density at radius 2 is 1.60 bits per heavy atom. The maximum absolute atomic E-state index is 11.8. The minimum Gasteiger partial charge on any atom is -0.449 e. The molecule has 0 N–H and O–H groups in total. The highest BCUT2D eigenvalue weighted by Crippen LogP contribution is 2.07. The molecule has 1 fully saturated rings. The summed E-state index contributed by atoms with van der Waals surface area (Å²) in [5.74, 6) is 0.00990. The van der Waals surface area contributed by atoms with Crippen LogP contribution in [0.5, 0.6) is 0 Å². The Bertz CT molecular complexity index is 349. The third-order valence-electron chi connectivity index (χ3n) is 3.30. The first-order chi connectivity index (χ1) is 9.54. The van der Waals surface area contributed by atoms with Crippen molar-refractivity contribution in [3.05, 3.63) is 0 Å². The molecule has 0 radical (unpaired) electrons. The van der Waals surface area contributed by atoms with E-state index >= 15 is 0 Å². The third-order valence-corrected chi connectivity index (χ3v) is 3.30. The van der Waals surface area contributed by atoms with Gasteiger partial charge < -0.3 is 19.3 Å². The summed E-state index contributed by atoms with van der Waals surface area (Å²) < 4.78 is 5.14. The maximum Gasteiger partial charge on any atom is 0.409 e. The van der Waals surface area contributed by atoms with E-state index in [1.165, 1.54) is 6.92 Å². The van der Waals surface area contributed by atoms with Gasteiger partial charge in [0.1, 0.15) is 5.78 Å². The molecule has 2 amide bonds. The van der Waals surface area contributed by atoms with Gasteiger partial charge >= 0.3 is 6.09 Å². The monoisotopic (exact) mass is 284 g/mol. The lowest BCUT2D eigenvalue weighted by Crippen LogP contribution is -2.50. The molecule has 0 saturated carbocycles. The number of nitrogens with zero attached hydrogens (tertiary/aromatic N) is 2. The van der Waals surface area contributed by atoms with Crippen molar-refractivity contribution in [2.75, 3.05) is 32.8 Å². The summed E-state index contributed by atoms with van der Waals surface area (Å²) in [6.07, 6.45) is 2.12. The number of amides is 2. The van der Waals surface area contributed by atoms with Crippen molar-refractivity contribution < 1.29 is 19.1 Å². The molecule has 1 saturated heterocycles. The molecule has 0 spiro atoms. The molecule has 6 heteroatoms. The van der Waals surface area contributed by atoms with Gasteiger partial charge in [0.05, 0.1) is 6.61 Å². The lowest BCUT2D eigenvalue weighted by Gasteiger charge is -2.34. The summed E-state index contributed by atoms with van der Waals surface area (Å²) in [6.45, 7) is 6.00. The summed E-state index contributed by atoms with van der Waals surface area (Å²) in [4.78, 5) is 37.7. The van der Waals surface area contributed by atoms with Crippen LogP contribution in [0.3, 0.4) is 0 Å². The molecule has 0 unspecified atom stereocenters. The van der Waals surface area contributed by atoms with Gasteiger partial charge in [-0.05, 0) is 13.3 Å². The van der Waals surface area contributed by atoms with Crippen LogP contribution in [0.4, 0.5) is 4.79 Å². The first-order valence-corrected chi connectivity index (χ1v) is 7.23.